The molecule has 1 aliphatic heterocycles. The first-order valence-corrected chi connectivity index (χ1v) is 32.8. The van der Waals surface area contributed by atoms with Crippen LogP contribution in [0.25, 0.3) is 0 Å². The van der Waals surface area contributed by atoms with E-state index in [0.29, 0.717) is 0 Å². The normalized spacial score (nSPS) is 49.3. The van der Waals surface area contributed by atoms with Gasteiger partial charge in [0.25, 0.3) is 0 Å². The van der Waals surface area contributed by atoms with Crippen molar-refractivity contribution in [2.75, 3.05) is 0 Å². The van der Waals surface area contributed by atoms with E-state index in [1.54, 1.807) is 180 Å². The van der Waals surface area contributed by atoms with Gasteiger partial charge in [0.05, 0.1) is 0 Å². The standard InChI is InChI=1S/C66H107N/c1-4-20-45(21-5-1)59(46-22-6-2-7-23-46)42-44-36-38-47(39-37-44)63-51-27-10-14-31-55(51)65(56-32-15-11-28-52(56)63)66-57-33-16-12-29-53(57)64(54-30-13-17-34-58(54)66)48-40-41-62-60(43-48)50-26-18-19-35-61(50)67(62)49-24-8-3-9-25-49/h42,44-58,60-66H,1-41,43H2. The lowest BCUT2D eigenvalue weighted by molar-refractivity contribution is -0.174. The summed E-state index contributed by atoms with van der Waals surface area (Å²) in [4.78, 5) is 3.33. The Morgan fingerprint density at radius 1 is 0.269 bits per heavy atom. The van der Waals surface area contributed by atoms with Crippen molar-refractivity contribution in [1.29, 1.82) is 0 Å². The highest BCUT2D eigenvalue weighted by Gasteiger charge is 2.63. The van der Waals surface area contributed by atoms with E-state index in [9.17, 15) is 0 Å². The van der Waals surface area contributed by atoms with Crippen LogP contribution < -0.4 is 0 Å². The van der Waals surface area contributed by atoms with Gasteiger partial charge in [-0.05, 0) is 260 Å². The molecule has 1 saturated heterocycles. The molecule has 0 aromatic heterocycles. The zero-order valence-corrected chi connectivity index (χ0v) is 43.9. The van der Waals surface area contributed by atoms with Crippen LogP contribution in [0.1, 0.15) is 270 Å². The first-order chi connectivity index (χ1) is 33.3. The van der Waals surface area contributed by atoms with Crippen LogP contribution in [0.4, 0.5) is 0 Å². The van der Waals surface area contributed by atoms with Gasteiger partial charge in [-0.2, -0.15) is 0 Å². The first kappa shape index (κ1) is 46.5. The molecule has 1 heterocycles. The molecule has 0 bridgehead atoms. The predicted octanol–water partition coefficient (Wildman–Crippen LogP) is 18.6. The summed E-state index contributed by atoms with van der Waals surface area (Å²) in [6.45, 7) is 0. The maximum absolute atomic E-state index is 3.33. The van der Waals surface area contributed by atoms with Crippen molar-refractivity contribution in [3.63, 3.8) is 0 Å². The highest BCUT2D eigenvalue weighted by molar-refractivity contribution is 5.16. The minimum atomic E-state index is 0.918. The molecule has 13 unspecified atom stereocenters. The van der Waals surface area contributed by atoms with Crippen molar-refractivity contribution in [2.24, 2.45) is 112 Å². The number of likely N-dealkylation sites (tertiary alicyclic amines) is 1. The molecule has 0 amide bonds. The molecule has 13 rings (SSSR count). The molecule has 13 aliphatic rings. The lowest BCUT2D eigenvalue weighted by atomic mass is 9.39. The number of rotatable bonds is 7. The molecule has 0 aromatic carbocycles. The Kier molecular flexibility index (Phi) is 14.5. The molecular formula is C66H107N. The maximum Gasteiger partial charge on any atom is 0.0133 e. The minimum Gasteiger partial charge on any atom is -0.294 e. The van der Waals surface area contributed by atoms with Gasteiger partial charge in [0, 0.05) is 18.1 Å². The summed E-state index contributed by atoms with van der Waals surface area (Å²) >= 11 is 0. The van der Waals surface area contributed by atoms with Gasteiger partial charge in [0.15, 0.2) is 0 Å². The van der Waals surface area contributed by atoms with Crippen LogP contribution in [-0.4, -0.2) is 23.0 Å². The first-order valence-electron chi connectivity index (χ1n) is 32.8. The van der Waals surface area contributed by atoms with Crippen molar-refractivity contribution in [2.45, 2.75) is 288 Å². The molecule has 0 radical (unpaired) electrons. The molecule has 13 atom stereocenters. The van der Waals surface area contributed by atoms with Gasteiger partial charge in [-0.25, -0.2) is 0 Å². The third-order valence-electron chi connectivity index (χ3n) is 26.4. The molecular weight excluding hydrogens is 807 g/mol. The zero-order valence-electron chi connectivity index (χ0n) is 43.9. The molecule has 67 heavy (non-hydrogen) atoms. The molecule has 0 aromatic rings. The average molecular weight is 915 g/mol. The molecule has 12 aliphatic carbocycles. The van der Waals surface area contributed by atoms with Gasteiger partial charge in [0.2, 0.25) is 0 Å². The third kappa shape index (κ3) is 8.84. The van der Waals surface area contributed by atoms with Crippen molar-refractivity contribution >= 4 is 0 Å². The van der Waals surface area contributed by atoms with E-state index < -0.39 is 0 Å². The molecule has 1 heteroatoms. The van der Waals surface area contributed by atoms with Gasteiger partial charge in [0.1, 0.15) is 0 Å². The molecule has 376 valence electrons. The topological polar surface area (TPSA) is 3.24 Å². The number of hydrogen-bond donors (Lipinski definition) is 0. The zero-order chi connectivity index (χ0) is 44.3. The SMILES string of the molecule is C(=C(C1CCCCC1)C1CCCCC1)C1CCC(C2C3CCCCC3C(C3C4CCCCC4C(C4CCC5C(C4)C4CCCCC4N5C4CCCCC4)C4CCCCC43)C3CCCCC32)CC1. The fourth-order valence-corrected chi connectivity index (χ4v) is 24.4. The van der Waals surface area contributed by atoms with Gasteiger partial charge in [-0.15, -0.1) is 0 Å². The Balaban J connectivity index is 0.763. The van der Waals surface area contributed by atoms with Crippen molar-refractivity contribution in [3.05, 3.63) is 11.6 Å². The van der Waals surface area contributed by atoms with Crippen LogP contribution in [0.5, 0.6) is 0 Å². The van der Waals surface area contributed by atoms with E-state index in [1.807, 2.05) is 5.57 Å². The van der Waals surface area contributed by atoms with E-state index in [4.69, 9.17) is 0 Å². The van der Waals surface area contributed by atoms with Crippen LogP contribution in [0.3, 0.4) is 0 Å². The van der Waals surface area contributed by atoms with E-state index >= 15 is 0 Å². The second-order valence-corrected chi connectivity index (χ2v) is 28.8. The Bertz CT molecular complexity index is 1550. The van der Waals surface area contributed by atoms with Crippen molar-refractivity contribution in [3.8, 4) is 0 Å². The van der Waals surface area contributed by atoms with Crippen LogP contribution in [-0.2, 0) is 0 Å². The van der Waals surface area contributed by atoms with Gasteiger partial charge >= 0.3 is 0 Å². The summed E-state index contributed by atoms with van der Waals surface area (Å²) in [5.74, 6) is 20.4. The van der Waals surface area contributed by atoms with Crippen LogP contribution in [0.15, 0.2) is 11.6 Å². The predicted molar refractivity (Wildman–Crippen MR) is 282 cm³/mol. The van der Waals surface area contributed by atoms with Crippen molar-refractivity contribution < 1.29 is 0 Å². The van der Waals surface area contributed by atoms with Gasteiger partial charge < -0.3 is 0 Å². The second kappa shape index (κ2) is 20.9. The fraction of sp³-hybridized carbons (Fsp3) is 0.970. The van der Waals surface area contributed by atoms with Crippen molar-refractivity contribution in [1.82, 2.24) is 4.90 Å². The number of nitrogens with zero attached hydrogens (tertiary/aromatic N) is 1. The van der Waals surface area contributed by atoms with Crippen LogP contribution in [0, 0.1) is 112 Å². The van der Waals surface area contributed by atoms with E-state index in [0.717, 1.165) is 131 Å². The van der Waals surface area contributed by atoms with Crippen LogP contribution in [0.2, 0.25) is 0 Å². The fourth-order valence-electron chi connectivity index (χ4n) is 24.4. The maximum atomic E-state index is 3.33. The Labute approximate surface area is 414 Å². The Morgan fingerprint density at radius 3 is 1.10 bits per heavy atom. The summed E-state index contributed by atoms with van der Waals surface area (Å²) in [6, 6.07) is 2.91. The third-order valence-corrected chi connectivity index (χ3v) is 26.4. The highest BCUT2D eigenvalue weighted by atomic mass is 15.3. The smallest absolute Gasteiger partial charge is 0.0133 e. The second-order valence-electron chi connectivity index (χ2n) is 28.8. The van der Waals surface area contributed by atoms with Gasteiger partial charge in [-0.1, -0.05) is 134 Å². The molecule has 12 saturated carbocycles. The lowest BCUT2D eigenvalue weighted by Gasteiger charge is -2.66. The summed E-state index contributed by atoms with van der Waals surface area (Å²) in [5, 5.41) is 0. The lowest BCUT2D eigenvalue weighted by Crippen LogP contribution is -2.60. The highest BCUT2D eigenvalue weighted by Crippen LogP contribution is 2.69. The van der Waals surface area contributed by atoms with E-state index in [-0.39, 0.29) is 0 Å². The number of hydrogen-bond acceptors (Lipinski definition) is 1. The molecule has 0 spiro atoms. The van der Waals surface area contributed by atoms with E-state index in [2.05, 4.69) is 11.0 Å². The summed E-state index contributed by atoms with van der Waals surface area (Å²) in [5.41, 5.74) is 2.03. The Hall–Kier alpha value is -0.300. The van der Waals surface area contributed by atoms with E-state index in [1.165, 1.54) is 89.9 Å². The number of allylic oxidation sites excluding steroid dienone is 2. The largest absolute Gasteiger partial charge is 0.294 e. The summed E-state index contributed by atoms with van der Waals surface area (Å²) in [7, 11) is 0. The molecule has 13 fully saturated rings. The minimum absolute atomic E-state index is 0.918. The number of fused-ring (bicyclic) bond motifs is 7. The monoisotopic (exact) mass is 914 g/mol. The average Bonchev–Trinajstić information content (AvgIpc) is 3.73. The quantitative estimate of drug-likeness (QED) is 0.230. The van der Waals surface area contributed by atoms with Gasteiger partial charge in [-0.3, -0.25) is 4.90 Å². The Morgan fingerprint density at radius 2 is 0.627 bits per heavy atom. The molecule has 1 nitrogen and oxygen atoms in total. The van der Waals surface area contributed by atoms with Crippen LogP contribution >= 0.6 is 0 Å². The molecule has 0 N–H and O–H groups in total. The summed E-state index contributed by atoms with van der Waals surface area (Å²) in [6.07, 6.45) is 69.3. The summed E-state index contributed by atoms with van der Waals surface area (Å²) < 4.78 is 0.